The van der Waals surface area contributed by atoms with E-state index in [9.17, 15) is 22.0 Å². The molecule has 3 rings (SSSR count). The molecule has 0 saturated heterocycles. The summed E-state index contributed by atoms with van der Waals surface area (Å²) in [6, 6.07) is 11.1. The van der Waals surface area contributed by atoms with Crippen LogP contribution in [0, 0.1) is 5.82 Å². The van der Waals surface area contributed by atoms with Crippen LogP contribution in [0.1, 0.15) is 11.1 Å². The fourth-order valence-corrected chi connectivity index (χ4v) is 3.04. The number of aromatic amines is 1. The van der Waals surface area contributed by atoms with Crippen molar-refractivity contribution in [1.29, 1.82) is 0 Å². The van der Waals surface area contributed by atoms with Crippen LogP contribution in [0.15, 0.2) is 48.7 Å². The van der Waals surface area contributed by atoms with Crippen LogP contribution in [-0.2, 0) is 13.0 Å². The van der Waals surface area contributed by atoms with Gasteiger partial charge in [-0.15, -0.1) is 0 Å². The summed E-state index contributed by atoms with van der Waals surface area (Å²) in [5.74, 6) is -4.36. The molecular formula is C20H20BF5N2O. The fraction of sp³-hybridized carbons (Fsp3) is 0.300. The van der Waals surface area contributed by atoms with E-state index in [1.807, 2.05) is 25.1 Å². The monoisotopic (exact) mass is 410 g/mol. The summed E-state index contributed by atoms with van der Waals surface area (Å²) in [6.45, 7) is -0.136. The highest BCUT2D eigenvalue weighted by molar-refractivity contribution is 6.04. The zero-order chi connectivity index (χ0) is 21.0. The summed E-state index contributed by atoms with van der Waals surface area (Å²) in [4.78, 5) is 5.09. The molecule has 2 aromatic carbocycles. The van der Waals surface area contributed by atoms with Crippen LogP contribution in [0.5, 0.6) is 5.75 Å². The van der Waals surface area contributed by atoms with Crippen LogP contribution < -0.4 is 4.74 Å². The summed E-state index contributed by atoms with van der Waals surface area (Å²) >= 11 is 0. The van der Waals surface area contributed by atoms with Gasteiger partial charge in [-0.2, -0.15) is 8.78 Å². The first-order valence-corrected chi connectivity index (χ1v) is 9.06. The fourth-order valence-electron chi connectivity index (χ4n) is 3.04. The summed E-state index contributed by atoms with van der Waals surface area (Å²) in [6.07, 6.45) is -1.17. The molecule has 0 unspecified atom stereocenters. The number of benzene rings is 2. The van der Waals surface area contributed by atoms with Crippen LogP contribution in [0.3, 0.4) is 0 Å². The van der Waals surface area contributed by atoms with Gasteiger partial charge in [0.15, 0.2) is 14.6 Å². The lowest BCUT2D eigenvalue weighted by atomic mass is 10.1. The number of nitrogens with one attached hydrogen (secondary N) is 1. The number of hydrogen-bond donors (Lipinski definition) is 1. The number of alkyl halides is 4. The molecule has 0 aliphatic carbocycles. The van der Waals surface area contributed by atoms with Crippen molar-refractivity contribution in [2.24, 2.45) is 0 Å². The standard InChI is InChI=1S/C20H20BF5N2O/c21-28(7-6-14-10-27-18-9-15(22)4-5-17(14)18)11-13-2-1-3-16(8-13)29-12-20(25,26)19(23)24/h1-5,8-10,19,27H,6-7,11-12,21H2. The van der Waals surface area contributed by atoms with E-state index in [1.54, 1.807) is 18.2 Å². The van der Waals surface area contributed by atoms with Crippen molar-refractivity contribution >= 4 is 18.9 Å². The Hall–Kier alpha value is -2.55. The SMILES string of the molecule is BN(CCc1c[nH]c2cc(F)ccc12)Cc1cccc(OCC(F)(F)C(F)F)c1. The van der Waals surface area contributed by atoms with Gasteiger partial charge in [0.2, 0.25) is 0 Å². The van der Waals surface area contributed by atoms with Crippen molar-refractivity contribution in [1.82, 2.24) is 9.79 Å². The van der Waals surface area contributed by atoms with E-state index in [-0.39, 0.29) is 11.6 Å². The molecule has 0 amide bonds. The molecule has 0 bridgehead atoms. The number of hydrogen-bond acceptors (Lipinski definition) is 2. The largest absolute Gasteiger partial charge is 0.487 e. The molecule has 0 aliphatic heterocycles. The summed E-state index contributed by atoms with van der Waals surface area (Å²) < 4.78 is 68.6. The van der Waals surface area contributed by atoms with Gasteiger partial charge in [0.05, 0.1) is 0 Å². The lowest BCUT2D eigenvalue weighted by Gasteiger charge is -2.19. The molecule has 0 saturated carbocycles. The van der Waals surface area contributed by atoms with Crippen molar-refractivity contribution < 1.29 is 26.7 Å². The second-order valence-corrected chi connectivity index (χ2v) is 6.99. The summed E-state index contributed by atoms with van der Waals surface area (Å²) in [7, 11) is 1.91. The quantitative estimate of drug-likeness (QED) is 0.424. The highest BCUT2D eigenvalue weighted by Crippen LogP contribution is 2.25. The molecule has 0 atom stereocenters. The highest BCUT2D eigenvalue weighted by Gasteiger charge is 2.41. The Morgan fingerprint density at radius 2 is 1.93 bits per heavy atom. The third kappa shape index (κ3) is 5.50. The first-order valence-electron chi connectivity index (χ1n) is 9.06. The van der Waals surface area contributed by atoms with Gasteiger partial charge >= 0.3 is 12.3 Å². The molecule has 3 aromatic rings. The molecule has 154 valence electrons. The molecule has 0 fully saturated rings. The van der Waals surface area contributed by atoms with Gasteiger partial charge in [-0.3, -0.25) is 0 Å². The number of aromatic nitrogens is 1. The van der Waals surface area contributed by atoms with Crippen LogP contribution >= 0.6 is 0 Å². The minimum Gasteiger partial charge on any atom is -0.487 e. The van der Waals surface area contributed by atoms with E-state index in [4.69, 9.17) is 4.74 Å². The number of ether oxygens (including phenoxy) is 1. The molecule has 1 heterocycles. The first-order chi connectivity index (χ1) is 13.7. The lowest BCUT2D eigenvalue weighted by Crippen LogP contribution is -2.33. The molecule has 9 heteroatoms. The number of nitrogens with zero attached hydrogens (tertiary/aromatic N) is 1. The Balaban J connectivity index is 1.55. The second-order valence-electron chi connectivity index (χ2n) is 6.99. The van der Waals surface area contributed by atoms with Crippen LogP contribution in [0.4, 0.5) is 22.0 Å². The van der Waals surface area contributed by atoms with Crippen LogP contribution in [0.25, 0.3) is 10.9 Å². The Morgan fingerprint density at radius 3 is 2.69 bits per heavy atom. The third-order valence-electron chi connectivity index (χ3n) is 4.59. The van der Waals surface area contributed by atoms with E-state index < -0.39 is 19.0 Å². The maximum Gasteiger partial charge on any atom is 0.340 e. The van der Waals surface area contributed by atoms with Gasteiger partial charge in [-0.1, -0.05) is 12.1 Å². The van der Waals surface area contributed by atoms with Crippen molar-refractivity contribution in [3.63, 3.8) is 0 Å². The van der Waals surface area contributed by atoms with E-state index >= 15 is 0 Å². The predicted molar refractivity (Wildman–Crippen MR) is 104 cm³/mol. The number of H-pyrrole nitrogens is 1. The zero-order valence-electron chi connectivity index (χ0n) is 15.8. The highest BCUT2D eigenvalue weighted by atomic mass is 19.3. The summed E-state index contributed by atoms with van der Waals surface area (Å²) in [5, 5.41) is 0.968. The number of rotatable bonds is 9. The molecule has 1 N–H and O–H groups in total. The topological polar surface area (TPSA) is 28.3 Å². The Morgan fingerprint density at radius 1 is 1.14 bits per heavy atom. The third-order valence-corrected chi connectivity index (χ3v) is 4.59. The lowest BCUT2D eigenvalue weighted by molar-refractivity contribution is -0.148. The number of fused-ring (bicyclic) bond motifs is 1. The minimum absolute atomic E-state index is 0.120. The molecule has 0 aliphatic rings. The van der Waals surface area contributed by atoms with Crippen molar-refractivity contribution in [3.8, 4) is 5.75 Å². The van der Waals surface area contributed by atoms with Gasteiger partial charge in [0.25, 0.3) is 0 Å². The molecular weight excluding hydrogens is 390 g/mol. The van der Waals surface area contributed by atoms with Gasteiger partial charge in [-0.25, -0.2) is 13.2 Å². The van der Waals surface area contributed by atoms with Gasteiger partial charge in [0, 0.05) is 23.6 Å². The normalized spacial score (nSPS) is 12.2. The maximum atomic E-state index is 13.3. The van der Waals surface area contributed by atoms with Gasteiger partial charge in [-0.05, 0) is 54.4 Å². The van der Waals surface area contributed by atoms with E-state index in [1.165, 1.54) is 18.2 Å². The first kappa shape index (κ1) is 21.2. The summed E-state index contributed by atoms with van der Waals surface area (Å²) in [5.41, 5.74) is 2.62. The molecule has 0 spiro atoms. The Kier molecular flexibility index (Phi) is 6.47. The Labute approximate surface area is 165 Å². The Bertz CT molecular complexity index is 963. The van der Waals surface area contributed by atoms with E-state index in [0.717, 1.165) is 28.5 Å². The zero-order valence-corrected chi connectivity index (χ0v) is 15.8. The van der Waals surface area contributed by atoms with Crippen molar-refractivity contribution in [2.75, 3.05) is 13.2 Å². The number of halogens is 5. The smallest absolute Gasteiger partial charge is 0.340 e. The molecule has 0 radical (unpaired) electrons. The average Bonchev–Trinajstić information content (AvgIpc) is 3.07. The van der Waals surface area contributed by atoms with Gasteiger partial charge in [0.1, 0.15) is 11.6 Å². The molecule has 1 aromatic heterocycles. The van der Waals surface area contributed by atoms with Crippen LogP contribution in [-0.4, -0.2) is 43.3 Å². The van der Waals surface area contributed by atoms with E-state index in [0.29, 0.717) is 13.1 Å². The maximum absolute atomic E-state index is 13.3. The van der Waals surface area contributed by atoms with E-state index in [2.05, 4.69) is 4.98 Å². The van der Waals surface area contributed by atoms with Gasteiger partial charge < -0.3 is 14.5 Å². The van der Waals surface area contributed by atoms with Crippen molar-refractivity contribution in [3.05, 3.63) is 65.6 Å². The van der Waals surface area contributed by atoms with Crippen LogP contribution in [0.2, 0.25) is 0 Å². The van der Waals surface area contributed by atoms with Crippen molar-refractivity contribution in [2.45, 2.75) is 25.3 Å². The second kappa shape index (κ2) is 8.86. The molecule has 29 heavy (non-hydrogen) atoms. The predicted octanol–water partition coefficient (Wildman–Crippen LogP) is 4.18. The average molecular weight is 410 g/mol. The minimum atomic E-state index is -4.19. The molecule has 3 nitrogen and oxygen atoms in total.